The lowest BCUT2D eigenvalue weighted by molar-refractivity contribution is 0.866. The highest BCUT2D eigenvalue weighted by atomic mass is 15.1. The molecule has 2 aromatic carbocycles. The number of aromatic nitrogens is 1. The molecule has 0 saturated carbocycles. The summed E-state index contributed by atoms with van der Waals surface area (Å²) < 4.78 is 0. The fraction of sp³-hybridized carbons (Fsp3) is 0.190. The fourth-order valence-corrected chi connectivity index (χ4v) is 2.70. The molecule has 0 aliphatic heterocycles. The zero-order valence-corrected chi connectivity index (χ0v) is 13.6. The Labute approximate surface area is 137 Å². The second-order valence-electron chi connectivity index (χ2n) is 5.38. The lowest BCUT2D eigenvalue weighted by Gasteiger charge is -2.20. The summed E-state index contributed by atoms with van der Waals surface area (Å²) >= 11 is 0. The topological polar surface area (TPSA) is 16.1 Å². The average molecular weight is 300 g/mol. The predicted molar refractivity (Wildman–Crippen MR) is 97.7 cm³/mol. The fourth-order valence-electron chi connectivity index (χ4n) is 2.70. The first kappa shape index (κ1) is 15.1. The van der Waals surface area contributed by atoms with Gasteiger partial charge in [-0.2, -0.15) is 0 Å². The molecule has 0 saturated heterocycles. The van der Waals surface area contributed by atoms with E-state index in [1.54, 1.807) is 0 Å². The maximum Gasteiger partial charge on any atom is 0.0510 e. The van der Waals surface area contributed by atoms with Crippen LogP contribution in [0.4, 0.5) is 5.69 Å². The summed E-state index contributed by atoms with van der Waals surface area (Å²) in [7, 11) is 0. The van der Waals surface area contributed by atoms with E-state index in [2.05, 4.69) is 72.0 Å². The number of pyridine rings is 1. The molecule has 1 aromatic heterocycles. The van der Waals surface area contributed by atoms with Gasteiger partial charge in [-0.05, 0) is 38.1 Å². The monoisotopic (exact) mass is 300 g/mol. The van der Waals surface area contributed by atoms with Crippen LogP contribution in [0, 0.1) is 11.8 Å². The molecule has 2 heteroatoms. The van der Waals surface area contributed by atoms with Gasteiger partial charge < -0.3 is 4.90 Å². The van der Waals surface area contributed by atoms with Crippen LogP contribution in [0.2, 0.25) is 0 Å². The Morgan fingerprint density at radius 2 is 1.61 bits per heavy atom. The Morgan fingerprint density at radius 3 is 2.35 bits per heavy atom. The minimum absolute atomic E-state index is 0.968. The second-order valence-corrected chi connectivity index (χ2v) is 5.38. The van der Waals surface area contributed by atoms with E-state index < -0.39 is 0 Å². The highest BCUT2D eigenvalue weighted by molar-refractivity contribution is 5.87. The van der Waals surface area contributed by atoms with Crippen LogP contribution in [-0.2, 0) is 0 Å². The number of benzene rings is 2. The van der Waals surface area contributed by atoms with Gasteiger partial charge in [0.15, 0.2) is 0 Å². The summed E-state index contributed by atoms with van der Waals surface area (Å²) in [6.45, 7) is 6.38. The first-order valence-corrected chi connectivity index (χ1v) is 8.01. The van der Waals surface area contributed by atoms with Crippen molar-refractivity contribution in [1.82, 2.24) is 4.98 Å². The van der Waals surface area contributed by atoms with E-state index in [0.29, 0.717) is 0 Å². The normalized spacial score (nSPS) is 10.2. The molecule has 0 amide bonds. The van der Waals surface area contributed by atoms with E-state index in [-0.39, 0.29) is 0 Å². The summed E-state index contributed by atoms with van der Waals surface area (Å²) in [6, 6.07) is 16.6. The maximum absolute atomic E-state index is 4.28. The van der Waals surface area contributed by atoms with Gasteiger partial charge in [0.05, 0.1) is 5.56 Å². The third kappa shape index (κ3) is 3.35. The number of hydrogen-bond acceptors (Lipinski definition) is 2. The van der Waals surface area contributed by atoms with Gasteiger partial charge in [-0.3, -0.25) is 4.98 Å². The molecule has 0 fully saturated rings. The molecule has 1 heterocycles. The molecule has 0 radical (unpaired) electrons. The molecule has 23 heavy (non-hydrogen) atoms. The number of anilines is 1. The largest absolute Gasteiger partial charge is 0.372 e. The standard InChI is InChI=1S/C21H20N2/c1-3-23(4-2)20-13-10-17(11-14-20)9-12-19-16-22-15-18-7-5-6-8-21(18)19/h5-8,10-11,13-16H,3-4H2,1-2H3. The van der Waals surface area contributed by atoms with Crippen molar-refractivity contribution in [1.29, 1.82) is 0 Å². The van der Waals surface area contributed by atoms with Crippen LogP contribution in [0.25, 0.3) is 10.8 Å². The Bertz CT molecular complexity index is 845. The van der Waals surface area contributed by atoms with E-state index in [4.69, 9.17) is 0 Å². The molecule has 0 N–H and O–H groups in total. The van der Waals surface area contributed by atoms with Crippen molar-refractivity contribution >= 4 is 16.5 Å². The van der Waals surface area contributed by atoms with Crippen molar-refractivity contribution in [2.45, 2.75) is 13.8 Å². The van der Waals surface area contributed by atoms with Gasteiger partial charge in [-0.1, -0.05) is 36.1 Å². The third-order valence-electron chi connectivity index (χ3n) is 4.01. The molecule has 3 rings (SSSR count). The van der Waals surface area contributed by atoms with Crippen molar-refractivity contribution < 1.29 is 0 Å². The van der Waals surface area contributed by atoms with E-state index in [9.17, 15) is 0 Å². The summed E-state index contributed by atoms with van der Waals surface area (Å²) in [6.07, 6.45) is 3.71. The Hall–Kier alpha value is -2.79. The summed E-state index contributed by atoms with van der Waals surface area (Å²) in [5, 5.41) is 2.27. The van der Waals surface area contributed by atoms with E-state index >= 15 is 0 Å². The van der Waals surface area contributed by atoms with Crippen LogP contribution in [-0.4, -0.2) is 18.1 Å². The maximum atomic E-state index is 4.28. The molecule has 0 unspecified atom stereocenters. The molecule has 114 valence electrons. The molecule has 3 aromatic rings. The first-order chi connectivity index (χ1) is 11.3. The van der Waals surface area contributed by atoms with Crippen LogP contribution in [0.3, 0.4) is 0 Å². The van der Waals surface area contributed by atoms with Crippen molar-refractivity contribution in [3.8, 4) is 11.8 Å². The zero-order chi connectivity index (χ0) is 16.1. The number of fused-ring (bicyclic) bond motifs is 1. The molecule has 2 nitrogen and oxygen atoms in total. The molecule has 0 aliphatic rings. The quantitative estimate of drug-likeness (QED) is 0.663. The van der Waals surface area contributed by atoms with Gasteiger partial charge in [0, 0.05) is 47.5 Å². The van der Waals surface area contributed by atoms with E-state index in [1.807, 2.05) is 24.5 Å². The Kier molecular flexibility index (Phi) is 4.59. The smallest absolute Gasteiger partial charge is 0.0510 e. The van der Waals surface area contributed by atoms with Gasteiger partial charge in [-0.25, -0.2) is 0 Å². The third-order valence-corrected chi connectivity index (χ3v) is 4.01. The molecule has 0 atom stereocenters. The van der Waals surface area contributed by atoms with Gasteiger partial charge in [0.2, 0.25) is 0 Å². The SMILES string of the molecule is CCN(CC)c1ccc(C#Cc2cncc3ccccc23)cc1. The van der Waals surface area contributed by atoms with E-state index in [1.165, 1.54) is 5.69 Å². The number of rotatable bonds is 3. The molecular weight excluding hydrogens is 280 g/mol. The van der Waals surface area contributed by atoms with Gasteiger partial charge in [0.25, 0.3) is 0 Å². The summed E-state index contributed by atoms with van der Waals surface area (Å²) in [5.41, 5.74) is 3.23. The lowest BCUT2D eigenvalue weighted by Crippen LogP contribution is -2.21. The molecular formula is C21H20N2. The van der Waals surface area contributed by atoms with Crippen molar-refractivity contribution in [3.63, 3.8) is 0 Å². The molecule has 0 spiro atoms. The Balaban J connectivity index is 1.89. The zero-order valence-electron chi connectivity index (χ0n) is 13.6. The molecule has 0 bridgehead atoms. The van der Waals surface area contributed by atoms with Crippen molar-refractivity contribution in [2.75, 3.05) is 18.0 Å². The first-order valence-electron chi connectivity index (χ1n) is 8.01. The molecule has 0 aliphatic carbocycles. The Morgan fingerprint density at radius 1 is 0.870 bits per heavy atom. The summed E-state index contributed by atoms with van der Waals surface area (Å²) in [4.78, 5) is 6.60. The van der Waals surface area contributed by atoms with Crippen molar-refractivity contribution in [3.05, 3.63) is 72.1 Å². The van der Waals surface area contributed by atoms with Gasteiger partial charge in [0.1, 0.15) is 0 Å². The van der Waals surface area contributed by atoms with Crippen LogP contribution >= 0.6 is 0 Å². The summed E-state index contributed by atoms with van der Waals surface area (Å²) in [5.74, 6) is 6.50. The highest BCUT2D eigenvalue weighted by Crippen LogP contribution is 2.17. The van der Waals surface area contributed by atoms with Crippen molar-refractivity contribution in [2.24, 2.45) is 0 Å². The van der Waals surface area contributed by atoms with Gasteiger partial charge in [-0.15, -0.1) is 0 Å². The number of hydrogen-bond donors (Lipinski definition) is 0. The minimum atomic E-state index is 0.968. The van der Waals surface area contributed by atoms with Gasteiger partial charge >= 0.3 is 0 Å². The van der Waals surface area contributed by atoms with Crippen LogP contribution in [0.5, 0.6) is 0 Å². The van der Waals surface area contributed by atoms with Crippen LogP contribution in [0.1, 0.15) is 25.0 Å². The van der Waals surface area contributed by atoms with E-state index in [0.717, 1.165) is 35.0 Å². The average Bonchev–Trinajstić information content (AvgIpc) is 2.62. The number of nitrogens with zero attached hydrogens (tertiary/aromatic N) is 2. The predicted octanol–water partition coefficient (Wildman–Crippen LogP) is 4.48. The highest BCUT2D eigenvalue weighted by Gasteiger charge is 2.01. The van der Waals surface area contributed by atoms with Crippen LogP contribution in [0.15, 0.2) is 60.9 Å². The lowest BCUT2D eigenvalue weighted by atomic mass is 10.1. The minimum Gasteiger partial charge on any atom is -0.372 e. The second kappa shape index (κ2) is 6.98. The van der Waals surface area contributed by atoms with Crippen LogP contribution < -0.4 is 4.90 Å².